The Balaban J connectivity index is 2.01. The Morgan fingerprint density at radius 1 is 1.06 bits per heavy atom. The first-order chi connectivity index (χ1) is 8.65. The van der Waals surface area contributed by atoms with Gasteiger partial charge in [-0.25, -0.2) is 4.79 Å². The van der Waals surface area contributed by atoms with Gasteiger partial charge in [-0.1, -0.05) is 18.2 Å². The molecule has 0 unspecified atom stereocenters. The predicted molar refractivity (Wildman–Crippen MR) is 69.5 cm³/mol. The van der Waals surface area contributed by atoms with Gasteiger partial charge in [-0.2, -0.15) is 4.73 Å². The molecule has 0 radical (unpaired) electrons. The van der Waals surface area contributed by atoms with Gasteiger partial charge in [-0.05, 0) is 29.8 Å². The van der Waals surface area contributed by atoms with Crippen molar-refractivity contribution in [2.45, 2.75) is 0 Å². The van der Waals surface area contributed by atoms with Crippen molar-refractivity contribution in [1.29, 1.82) is 0 Å². The zero-order chi connectivity index (χ0) is 13.0. The van der Waals surface area contributed by atoms with Crippen molar-refractivity contribution < 1.29 is 9.52 Å². The average molecular weight is 264 g/mol. The van der Waals surface area contributed by atoms with Crippen LogP contribution in [0.2, 0.25) is 5.15 Å². The Morgan fingerprint density at radius 2 is 1.72 bits per heavy atom. The van der Waals surface area contributed by atoms with Crippen molar-refractivity contribution in [2.24, 2.45) is 0 Å². The number of nitrogens with one attached hydrogen (secondary N) is 2. The van der Waals surface area contributed by atoms with Crippen LogP contribution in [-0.2, 0) is 0 Å². The SMILES string of the molecule is O=C(Nc1ccccc1)Nc1ccc(Cl)[n+]([O-])c1. The van der Waals surface area contributed by atoms with Crippen LogP contribution >= 0.6 is 11.6 Å². The fraction of sp³-hybridized carbons (Fsp3) is 0. The quantitative estimate of drug-likeness (QED) is 0.497. The standard InChI is InChI=1S/C12H10ClN3O2/c13-11-7-6-10(8-16(11)18)15-12(17)14-9-4-2-1-3-5-9/h1-8H,(H2,14,15,17). The van der Waals surface area contributed by atoms with Crippen LogP contribution in [0.4, 0.5) is 16.2 Å². The minimum Gasteiger partial charge on any atom is -0.618 e. The number of hydrogen-bond acceptors (Lipinski definition) is 2. The first kappa shape index (κ1) is 12.2. The summed E-state index contributed by atoms with van der Waals surface area (Å²) < 4.78 is 0.472. The van der Waals surface area contributed by atoms with Crippen LogP contribution in [0.3, 0.4) is 0 Å². The highest BCUT2D eigenvalue weighted by molar-refractivity contribution is 6.28. The van der Waals surface area contributed by atoms with E-state index in [0.29, 0.717) is 16.1 Å². The number of rotatable bonds is 2. The Kier molecular flexibility index (Phi) is 3.64. The molecule has 0 aliphatic heterocycles. The summed E-state index contributed by atoms with van der Waals surface area (Å²) in [5.41, 5.74) is 1.03. The molecule has 2 N–H and O–H groups in total. The molecule has 92 valence electrons. The lowest BCUT2D eigenvalue weighted by molar-refractivity contribution is -0.602. The van der Waals surface area contributed by atoms with Crippen molar-refractivity contribution in [3.8, 4) is 0 Å². The van der Waals surface area contributed by atoms with Crippen LogP contribution in [-0.4, -0.2) is 6.03 Å². The number of carbonyl (C=O) groups excluding carboxylic acids is 1. The molecule has 2 aromatic rings. The molecular weight excluding hydrogens is 254 g/mol. The van der Waals surface area contributed by atoms with Gasteiger partial charge in [0.1, 0.15) is 5.69 Å². The van der Waals surface area contributed by atoms with Crippen LogP contribution in [0, 0.1) is 5.21 Å². The maximum absolute atomic E-state index is 11.6. The van der Waals surface area contributed by atoms with E-state index >= 15 is 0 Å². The van der Waals surface area contributed by atoms with Gasteiger partial charge in [-0.15, -0.1) is 0 Å². The second-order valence-electron chi connectivity index (χ2n) is 3.51. The summed E-state index contributed by atoms with van der Waals surface area (Å²) in [4.78, 5) is 11.6. The van der Waals surface area contributed by atoms with Gasteiger partial charge in [-0.3, -0.25) is 0 Å². The van der Waals surface area contributed by atoms with Crippen LogP contribution in [0.1, 0.15) is 0 Å². The molecule has 5 nitrogen and oxygen atoms in total. The minimum absolute atomic E-state index is 0.0454. The summed E-state index contributed by atoms with van der Waals surface area (Å²) in [6.45, 7) is 0. The number of benzene rings is 1. The number of anilines is 2. The maximum Gasteiger partial charge on any atom is 0.323 e. The van der Waals surface area contributed by atoms with Crippen LogP contribution in [0.25, 0.3) is 0 Å². The Hall–Kier alpha value is -2.27. The van der Waals surface area contributed by atoms with Gasteiger partial charge in [0.05, 0.1) is 0 Å². The zero-order valence-corrected chi connectivity index (χ0v) is 10.0. The molecule has 1 aromatic heterocycles. The van der Waals surface area contributed by atoms with Crippen LogP contribution < -0.4 is 15.4 Å². The molecule has 2 amide bonds. The van der Waals surface area contributed by atoms with Gasteiger partial charge < -0.3 is 15.8 Å². The van der Waals surface area contributed by atoms with E-state index in [0.717, 1.165) is 0 Å². The summed E-state index contributed by atoms with van der Waals surface area (Å²) in [5.74, 6) is 0. The third-order valence-electron chi connectivity index (χ3n) is 2.16. The van der Waals surface area contributed by atoms with Crippen LogP contribution in [0.5, 0.6) is 0 Å². The van der Waals surface area contributed by atoms with Gasteiger partial charge in [0, 0.05) is 11.8 Å². The van der Waals surface area contributed by atoms with Crippen molar-refractivity contribution >= 4 is 29.0 Å². The molecule has 0 bridgehead atoms. The third kappa shape index (κ3) is 3.11. The number of para-hydroxylation sites is 1. The lowest BCUT2D eigenvalue weighted by Crippen LogP contribution is -2.28. The molecule has 0 spiro atoms. The van der Waals surface area contributed by atoms with E-state index in [2.05, 4.69) is 10.6 Å². The monoisotopic (exact) mass is 263 g/mol. The highest BCUT2D eigenvalue weighted by Crippen LogP contribution is 2.09. The first-order valence-corrected chi connectivity index (χ1v) is 5.55. The summed E-state index contributed by atoms with van der Waals surface area (Å²) in [6, 6.07) is 11.5. The highest BCUT2D eigenvalue weighted by Gasteiger charge is 2.07. The van der Waals surface area contributed by atoms with Crippen molar-refractivity contribution in [2.75, 3.05) is 10.6 Å². The van der Waals surface area contributed by atoms with Gasteiger partial charge in [0.15, 0.2) is 0 Å². The van der Waals surface area contributed by atoms with Crippen molar-refractivity contribution in [3.05, 3.63) is 59.0 Å². The Labute approximate surface area is 109 Å². The number of pyridine rings is 1. The topological polar surface area (TPSA) is 68.1 Å². The normalized spacial score (nSPS) is 9.83. The van der Waals surface area contributed by atoms with Gasteiger partial charge >= 0.3 is 6.03 Å². The number of urea groups is 1. The first-order valence-electron chi connectivity index (χ1n) is 5.17. The fourth-order valence-corrected chi connectivity index (χ4v) is 1.46. The van der Waals surface area contributed by atoms with Gasteiger partial charge in [0.25, 0.3) is 5.15 Å². The molecule has 0 aliphatic rings. The molecule has 0 aliphatic carbocycles. The van der Waals surface area contributed by atoms with E-state index in [9.17, 15) is 10.0 Å². The number of hydrogen-bond donors (Lipinski definition) is 2. The molecule has 1 heterocycles. The molecule has 0 fully saturated rings. The summed E-state index contributed by atoms with van der Waals surface area (Å²) in [7, 11) is 0. The molecule has 1 aromatic carbocycles. The second kappa shape index (κ2) is 5.37. The predicted octanol–water partition coefficient (Wildman–Crippen LogP) is 2.62. The summed E-state index contributed by atoms with van der Waals surface area (Å²) >= 11 is 5.57. The summed E-state index contributed by atoms with van der Waals surface area (Å²) in [6.07, 6.45) is 1.19. The Bertz CT molecular complexity index is 561. The molecule has 0 atom stereocenters. The highest BCUT2D eigenvalue weighted by atomic mass is 35.5. The molecule has 2 rings (SSSR count). The van der Waals surface area contributed by atoms with Crippen molar-refractivity contribution in [1.82, 2.24) is 0 Å². The number of carbonyl (C=O) groups is 1. The molecular formula is C12H10ClN3O2. The molecule has 0 saturated heterocycles. The number of aromatic nitrogens is 1. The largest absolute Gasteiger partial charge is 0.618 e. The smallest absolute Gasteiger partial charge is 0.323 e. The number of amides is 2. The van der Waals surface area contributed by atoms with E-state index in [1.807, 2.05) is 18.2 Å². The number of halogens is 1. The maximum atomic E-state index is 11.6. The van der Waals surface area contributed by atoms with E-state index in [1.54, 1.807) is 18.2 Å². The minimum atomic E-state index is -0.427. The van der Waals surface area contributed by atoms with Gasteiger partial charge in [0.2, 0.25) is 6.20 Å². The molecule has 0 saturated carbocycles. The third-order valence-corrected chi connectivity index (χ3v) is 2.45. The fourth-order valence-electron chi connectivity index (χ4n) is 1.35. The zero-order valence-electron chi connectivity index (χ0n) is 9.26. The molecule has 6 heteroatoms. The number of nitrogens with zero attached hydrogens (tertiary/aromatic N) is 1. The molecule has 18 heavy (non-hydrogen) atoms. The summed E-state index contributed by atoms with van der Waals surface area (Å²) in [5, 5.41) is 16.4. The van der Waals surface area contributed by atoms with E-state index in [-0.39, 0.29) is 5.15 Å². The van der Waals surface area contributed by atoms with Crippen molar-refractivity contribution in [3.63, 3.8) is 0 Å². The lowest BCUT2D eigenvalue weighted by atomic mass is 10.3. The van der Waals surface area contributed by atoms with Crippen LogP contribution in [0.15, 0.2) is 48.7 Å². The average Bonchev–Trinajstić information content (AvgIpc) is 2.35. The van der Waals surface area contributed by atoms with E-state index in [1.165, 1.54) is 12.3 Å². The van der Waals surface area contributed by atoms with E-state index in [4.69, 9.17) is 11.6 Å². The Morgan fingerprint density at radius 3 is 2.39 bits per heavy atom. The lowest BCUT2D eigenvalue weighted by Gasteiger charge is -2.07. The van der Waals surface area contributed by atoms with E-state index < -0.39 is 6.03 Å². The second-order valence-corrected chi connectivity index (χ2v) is 3.90.